The molecule has 0 atom stereocenters. The number of nitrogens with zero attached hydrogens (tertiary/aromatic N) is 1. The zero-order valence-electron chi connectivity index (χ0n) is 21.6. The maximum Gasteiger partial charge on any atom is 0.344 e. The van der Waals surface area contributed by atoms with E-state index < -0.39 is 35.1 Å². The first-order valence-corrected chi connectivity index (χ1v) is 13.9. The van der Waals surface area contributed by atoms with Crippen molar-refractivity contribution in [2.24, 2.45) is 0 Å². The quantitative estimate of drug-likeness (QED) is 0.246. The molecule has 0 unspecified atom stereocenters. The van der Waals surface area contributed by atoms with Crippen molar-refractivity contribution in [1.29, 1.82) is 0 Å². The number of carbonyl (C=O) groups is 2. The number of ether oxygens (including phenoxy) is 2. The van der Waals surface area contributed by atoms with E-state index >= 15 is 0 Å². The third-order valence-electron chi connectivity index (χ3n) is 6.36. The molecule has 5 aromatic rings. The van der Waals surface area contributed by atoms with Crippen LogP contribution in [0.4, 0.5) is 11.4 Å². The number of esters is 1. The Labute approximate surface area is 231 Å². The van der Waals surface area contributed by atoms with E-state index in [0.29, 0.717) is 17.1 Å². The summed E-state index contributed by atoms with van der Waals surface area (Å²) in [4.78, 5) is 24.6. The third-order valence-corrected chi connectivity index (χ3v) is 8.15. The van der Waals surface area contributed by atoms with E-state index in [1.54, 1.807) is 48.5 Å². The lowest BCUT2D eigenvalue weighted by molar-refractivity contribution is -0.149. The van der Waals surface area contributed by atoms with Crippen LogP contribution in [0.1, 0.15) is 0 Å². The van der Waals surface area contributed by atoms with E-state index in [4.69, 9.17) is 9.47 Å². The molecule has 0 aliphatic rings. The highest BCUT2D eigenvalue weighted by molar-refractivity contribution is 7.92. The smallest absolute Gasteiger partial charge is 0.344 e. The lowest BCUT2D eigenvalue weighted by Gasteiger charge is -2.20. The van der Waals surface area contributed by atoms with Crippen molar-refractivity contribution in [3.8, 4) is 5.75 Å². The van der Waals surface area contributed by atoms with Gasteiger partial charge < -0.3 is 14.8 Å². The second-order valence-electron chi connectivity index (χ2n) is 9.00. The Balaban J connectivity index is 1.13. The molecule has 40 heavy (non-hydrogen) atoms. The zero-order chi connectivity index (χ0) is 28.1. The molecule has 1 amide bonds. The van der Waals surface area contributed by atoms with Gasteiger partial charge >= 0.3 is 5.97 Å². The standard InChI is InChI=1S/C31H26N2O6S/c1-33(40(36,37)27-18-13-22-7-2-3-9-24(22)19-27)25-14-16-26(17-15-25)38-21-31(35)39-20-30(34)32-29-12-6-10-23-8-4-5-11-28(23)29/h2-19H,20-21H2,1H3,(H,32,34). The number of hydrogen-bond acceptors (Lipinski definition) is 6. The average molecular weight is 555 g/mol. The molecule has 0 bridgehead atoms. The Kier molecular flexibility index (Phi) is 7.65. The summed E-state index contributed by atoms with van der Waals surface area (Å²) in [5, 5.41) is 6.40. The van der Waals surface area contributed by atoms with Crippen molar-refractivity contribution in [1.82, 2.24) is 0 Å². The van der Waals surface area contributed by atoms with Gasteiger partial charge in [-0.2, -0.15) is 0 Å². The summed E-state index contributed by atoms with van der Waals surface area (Å²) >= 11 is 0. The van der Waals surface area contributed by atoms with Gasteiger partial charge in [-0.15, -0.1) is 0 Å². The van der Waals surface area contributed by atoms with Crippen molar-refractivity contribution in [3.05, 3.63) is 109 Å². The van der Waals surface area contributed by atoms with Gasteiger partial charge in [0.05, 0.1) is 10.6 Å². The number of fused-ring (bicyclic) bond motifs is 2. The van der Waals surface area contributed by atoms with Crippen LogP contribution >= 0.6 is 0 Å². The van der Waals surface area contributed by atoms with Gasteiger partial charge in [-0.25, -0.2) is 13.2 Å². The Morgan fingerprint density at radius 2 is 1.43 bits per heavy atom. The molecular formula is C31H26N2O6S. The number of sulfonamides is 1. The molecule has 0 fully saturated rings. The van der Waals surface area contributed by atoms with Crippen molar-refractivity contribution in [3.63, 3.8) is 0 Å². The Hall–Kier alpha value is -4.89. The Bertz CT molecular complexity index is 1800. The first kappa shape index (κ1) is 26.7. The fourth-order valence-corrected chi connectivity index (χ4v) is 5.46. The van der Waals surface area contributed by atoms with Gasteiger partial charge in [0.1, 0.15) is 5.75 Å². The molecule has 0 spiro atoms. The fraction of sp³-hybridized carbons (Fsp3) is 0.0968. The topological polar surface area (TPSA) is 102 Å². The van der Waals surface area contributed by atoms with Crippen LogP contribution in [-0.4, -0.2) is 40.6 Å². The van der Waals surface area contributed by atoms with E-state index in [1.807, 2.05) is 60.7 Å². The molecule has 0 aliphatic heterocycles. The highest BCUT2D eigenvalue weighted by Gasteiger charge is 2.21. The van der Waals surface area contributed by atoms with Crippen molar-refractivity contribution < 1.29 is 27.5 Å². The van der Waals surface area contributed by atoms with Gasteiger partial charge in [0.25, 0.3) is 15.9 Å². The molecule has 8 nitrogen and oxygen atoms in total. The Morgan fingerprint density at radius 1 is 0.750 bits per heavy atom. The minimum atomic E-state index is -3.79. The summed E-state index contributed by atoms with van der Waals surface area (Å²) in [6.45, 7) is -0.867. The second kappa shape index (κ2) is 11.5. The van der Waals surface area contributed by atoms with Crippen LogP contribution in [0.5, 0.6) is 5.75 Å². The number of rotatable bonds is 9. The summed E-state index contributed by atoms with van der Waals surface area (Å²) in [6.07, 6.45) is 0. The summed E-state index contributed by atoms with van der Waals surface area (Å²) in [6, 6.07) is 32.0. The maximum atomic E-state index is 13.2. The molecule has 9 heteroatoms. The number of carbonyl (C=O) groups excluding carboxylic acids is 2. The zero-order valence-corrected chi connectivity index (χ0v) is 22.4. The summed E-state index contributed by atoms with van der Waals surface area (Å²) in [7, 11) is -2.32. The fourth-order valence-electron chi connectivity index (χ4n) is 4.23. The number of amides is 1. The van der Waals surface area contributed by atoms with Crippen molar-refractivity contribution in [2.45, 2.75) is 4.90 Å². The average Bonchev–Trinajstić information content (AvgIpc) is 2.98. The summed E-state index contributed by atoms with van der Waals surface area (Å²) in [5.41, 5.74) is 1.05. The first-order chi connectivity index (χ1) is 19.3. The predicted octanol–water partition coefficient (Wildman–Crippen LogP) is 5.38. The number of hydrogen-bond donors (Lipinski definition) is 1. The Morgan fingerprint density at radius 3 is 2.20 bits per heavy atom. The van der Waals surface area contributed by atoms with Crippen LogP contribution < -0.4 is 14.4 Å². The molecule has 0 radical (unpaired) electrons. The van der Waals surface area contributed by atoms with Gasteiger partial charge in [0.2, 0.25) is 0 Å². The first-order valence-electron chi connectivity index (χ1n) is 12.4. The molecule has 1 N–H and O–H groups in total. The highest BCUT2D eigenvalue weighted by Crippen LogP contribution is 2.27. The predicted molar refractivity (Wildman–Crippen MR) is 155 cm³/mol. The summed E-state index contributed by atoms with van der Waals surface area (Å²) < 4.78 is 38.0. The van der Waals surface area contributed by atoms with Crippen LogP contribution in [-0.2, 0) is 24.3 Å². The van der Waals surface area contributed by atoms with Crippen molar-refractivity contribution >= 4 is 54.8 Å². The van der Waals surface area contributed by atoms with Gasteiger partial charge in [0.15, 0.2) is 13.2 Å². The largest absolute Gasteiger partial charge is 0.482 e. The molecule has 0 aliphatic carbocycles. The third kappa shape index (κ3) is 5.89. The van der Waals surface area contributed by atoms with E-state index in [9.17, 15) is 18.0 Å². The highest BCUT2D eigenvalue weighted by atomic mass is 32.2. The minimum absolute atomic E-state index is 0.182. The second-order valence-corrected chi connectivity index (χ2v) is 11.0. The van der Waals surface area contributed by atoms with Crippen LogP contribution in [0, 0.1) is 0 Å². The SMILES string of the molecule is CN(c1ccc(OCC(=O)OCC(=O)Nc2cccc3ccccc23)cc1)S(=O)(=O)c1ccc2ccccc2c1. The lowest BCUT2D eigenvalue weighted by Crippen LogP contribution is -2.26. The summed E-state index contributed by atoms with van der Waals surface area (Å²) in [5.74, 6) is -0.838. The van der Waals surface area contributed by atoms with Crippen LogP contribution in [0.3, 0.4) is 0 Å². The van der Waals surface area contributed by atoms with E-state index in [1.165, 1.54) is 11.4 Å². The van der Waals surface area contributed by atoms with Gasteiger partial charge in [-0.3, -0.25) is 9.10 Å². The number of anilines is 2. The van der Waals surface area contributed by atoms with Gasteiger partial charge in [-0.05, 0) is 58.6 Å². The van der Waals surface area contributed by atoms with E-state index in [-0.39, 0.29) is 4.90 Å². The van der Waals surface area contributed by atoms with E-state index in [2.05, 4.69) is 5.32 Å². The van der Waals surface area contributed by atoms with Crippen LogP contribution in [0.15, 0.2) is 114 Å². The van der Waals surface area contributed by atoms with Gasteiger partial charge in [-0.1, -0.05) is 66.7 Å². The van der Waals surface area contributed by atoms with Gasteiger partial charge in [0, 0.05) is 18.1 Å². The molecule has 5 aromatic carbocycles. The number of nitrogens with one attached hydrogen (secondary N) is 1. The molecule has 202 valence electrons. The molecule has 0 saturated heterocycles. The molecule has 0 heterocycles. The monoisotopic (exact) mass is 554 g/mol. The lowest BCUT2D eigenvalue weighted by atomic mass is 10.1. The molecule has 0 saturated carbocycles. The van der Waals surface area contributed by atoms with Crippen molar-refractivity contribution in [2.75, 3.05) is 29.9 Å². The van der Waals surface area contributed by atoms with Crippen LogP contribution in [0.25, 0.3) is 21.5 Å². The molecule has 5 rings (SSSR count). The molecular weight excluding hydrogens is 528 g/mol. The van der Waals surface area contributed by atoms with E-state index in [0.717, 1.165) is 21.5 Å². The number of benzene rings is 5. The normalized spacial score (nSPS) is 11.2. The minimum Gasteiger partial charge on any atom is -0.482 e. The molecule has 0 aromatic heterocycles. The van der Waals surface area contributed by atoms with Crippen LogP contribution in [0.2, 0.25) is 0 Å². The maximum absolute atomic E-state index is 13.2.